The molecule has 2 heterocycles. The number of benzene rings is 2. The molecule has 8 heteroatoms. The van der Waals surface area contributed by atoms with E-state index in [0.29, 0.717) is 63.1 Å². The van der Waals surface area contributed by atoms with Gasteiger partial charge in [0, 0.05) is 32.1 Å². The summed E-state index contributed by atoms with van der Waals surface area (Å²) in [4.78, 5) is 30.4. The SMILES string of the molecule is COc1cc(C2CN(C(=O)Cc3ccccc3)CC2C(=O)N2CCOCC2)cc(OC)c1OC. The first-order chi connectivity index (χ1) is 16.5. The summed E-state index contributed by atoms with van der Waals surface area (Å²) < 4.78 is 22.0. The lowest BCUT2D eigenvalue weighted by molar-refractivity contribution is -0.139. The molecule has 0 radical (unpaired) electrons. The van der Waals surface area contributed by atoms with Crippen molar-refractivity contribution in [1.82, 2.24) is 9.80 Å². The number of carbonyl (C=O) groups is 2. The maximum absolute atomic E-state index is 13.6. The molecule has 0 N–H and O–H groups in total. The van der Waals surface area contributed by atoms with Crippen LogP contribution in [0.15, 0.2) is 42.5 Å². The van der Waals surface area contributed by atoms with Crippen LogP contribution in [-0.2, 0) is 20.7 Å². The van der Waals surface area contributed by atoms with E-state index < -0.39 is 0 Å². The van der Waals surface area contributed by atoms with E-state index in [9.17, 15) is 9.59 Å². The van der Waals surface area contributed by atoms with Crippen LogP contribution in [0.2, 0.25) is 0 Å². The van der Waals surface area contributed by atoms with E-state index in [-0.39, 0.29) is 23.7 Å². The summed E-state index contributed by atoms with van der Waals surface area (Å²) in [6, 6.07) is 13.4. The average Bonchev–Trinajstić information content (AvgIpc) is 3.34. The molecule has 4 rings (SSSR count). The summed E-state index contributed by atoms with van der Waals surface area (Å²) in [5.74, 6) is 1.08. The van der Waals surface area contributed by atoms with E-state index in [0.717, 1.165) is 11.1 Å². The zero-order valence-corrected chi connectivity index (χ0v) is 20.0. The van der Waals surface area contributed by atoms with Gasteiger partial charge in [-0.25, -0.2) is 0 Å². The lowest BCUT2D eigenvalue weighted by Crippen LogP contribution is -2.45. The molecule has 0 bridgehead atoms. The summed E-state index contributed by atoms with van der Waals surface area (Å²) in [5.41, 5.74) is 1.84. The number of morpholine rings is 1. The van der Waals surface area contributed by atoms with Gasteiger partial charge < -0.3 is 28.7 Å². The number of methoxy groups -OCH3 is 3. The molecule has 2 aromatic rings. The fourth-order valence-electron chi connectivity index (χ4n) is 4.81. The smallest absolute Gasteiger partial charge is 0.228 e. The van der Waals surface area contributed by atoms with Crippen molar-refractivity contribution in [3.63, 3.8) is 0 Å². The molecule has 0 spiro atoms. The van der Waals surface area contributed by atoms with Gasteiger partial charge in [0.15, 0.2) is 11.5 Å². The Balaban J connectivity index is 1.64. The number of hydrogen-bond acceptors (Lipinski definition) is 6. The molecule has 2 aliphatic heterocycles. The van der Waals surface area contributed by atoms with E-state index in [4.69, 9.17) is 18.9 Å². The topological polar surface area (TPSA) is 77.5 Å². The Labute approximate surface area is 200 Å². The molecule has 2 aliphatic rings. The largest absolute Gasteiger partial charge is 0.493 e. The van der Waals surface area contributed by atoms with Crippen molar-refractivity contribution >= 4 is 11.8 Å². The monoisotopic (exact) mass is 468 g/mol. The molecule has 2 amide bonds. The zero-order chi connectivity index (χ0) is 24.1. The minimum absolute atomic E-state index is 0.0147. The van der Waals surface area contributed by atoms with E-state index in [2.05, 4.69) is 0 Å². The van der Waals surface area contributed by atoms with Crippen molar-refractivity contribution in [1.29, 1.82) is 0 Å². The van der Waals surface area contributed by atoms with Crippen LogP contribution < -0.4 is 14.2 Å². The highest BCUT2D eigenvalue weighted by atomic mass is 16.5. The molecule has 182 valence electrons. The van der Waals surface area contributed by atoms with Crippen LogP contribution in [0.4, 0.5) is 0 Å². The van der Waals surface area contributed by atoms with Gasteiger partial charge in [-0.15, -0.1) is 0 Å². The van der Waals surface area contributed by atoms with Crippen molar-refractivity contribution in [3.8, 4) is 17.2 Å². The van der Waals surface area contributed by atoms with Gasteiger partial charge in [-0.1, -0.05) is 30.3 Å². The quantitative estimate of drug-likeness (QED) is 0.621. The molecular formula is C26H32N2O6. The Morgan fingerprint density at radius 1 is 0.912 bits per heavy atom. The van der Waals surface area contributed by atoms with Crippen LogP contribution >= 0.6 is 0 Å². The molecule has 2 saturated heterocycles. The highest BCUT2D eigenvalue weighted by Gasteiger charge is 2.42. The fraction of sp³-hybridized carbons (Fsp3) is 0.462. The van der Waals surface area contributed by atoms with E-state index in [1.807, 2.05) is 52.3 Å². The van der Waals surface area contributed by atoms with Crippen molar-refractivity contribution in [3.05, 3.63) is 53.6 Å². The van der Waals surface area contributed by atoms with E-state index in [1.165, 1.54) is 0 Å². The number of ether oxygens (including phenoxy) is 4. The highest BCUT2D eigenvalue weighted by Crippen LogP contribution is 2.43. The second kappa shape index (κ2) is 10.8. The molecule has 8 nitrogen and oxygen atoms in total. The lowest BCUT2D eigenvalue weighted by atomic mass is 9.87. The molecule has 2 aromatic carbocycles. The maximum Gasteiger partial charge on any atom is 0.228 e. The van der Waals surface area contributed by atoms with Gasteiger partial charge in [-0.2, -0.15) is 0 Å². The second-order valence-electron chi connectivity index (χ2n) is 8.57. The van der Waals surface area contributed by atoms with E-state index in [1.54, 1.807) is 21.3 Å². The predicted molar refractivity (Wildman–Crippen MR) is 126 cm³/mol. The summed E-state index contributed by atoms with van der Waals surface area (Å²) in [7, 11) is 4.70. The second-order valence-corrected chi connectivity index (χ2v) is 8.57. The molecule has 0 aliphatic carbocycles. The molecule has 2 unspecified atom stereocenters. The first kappa shape index (κ1) is 23.9. The Kier molecular flexibility index (Phi) is 7.57. The molecule has 34 heavy (non-hydrogen) atoms. The van der Waals surface area contributed by atoms with Gasteiger partial charge in [-0.3, -0.25) is 9.59 Å². The standard InChI is InChI=1S/C26H32N2O6/c1-31-22-14-19(15-23(32-2)25(22)33-3)20-16-28(24(29)13-18-7-5-4-6-8-18)17-21(20)26(30)27-9-11-34-12-10-27/h4-8,14-15,20-21H,9-13,16-17H2,1-3H3. The van der Waals surface area contributed by atoms with Crippen LogP contribution in [0.5, 0.6) is 17.2 Å². The molecule has 2 atom stereocenters. The number of hydrogen-bond donors (Lipinski definition) is 0. The summed E-state index contributed by atoms with van der Waals surface area (Å²) >= 11 is 0. The number of amides is 2. The van der Waals surface area contributed by atoms with Crippen LogP contribution in [0.25, 0.3) is 0 Å². The first-order valence-electron chi connectivity index (χ1n) is 11.5. The summed E-state index contributed by atoms with van der Waals surface area (Å²) in [6.07, 6.45) is 0.307. The number of nitrogens with zero attached hydrogens (tertiary/aromatic N) is 2. The Bertz CT molecular complexity index is 981. The predicted octanol–water partition coefficient (Wildman–Crippen LogP) is 2.36. The van der Waals surface area contributed by atoms with Crippen LogP contribution in [0.3, 0.4) is 0 Å². The minimum Gasteiger partial charge on any atom is -0.493 e. The normalized spacial score (nSPS) is 20.2. The van der Waals surface area contributed by atoms with Crippen LogP contribution in [0, 0.1) is 5.92 Å². The highest BCUT2D eigenvalue weighted by molar-refractivity contribution is 5.84. The molecule has 0 saturated carbocycles. The first-order valence-corrected chi connectivity index (χ1v) is 11.5. The molecule has 2 fully saturated rings. The van der Waals surface area contributed by atoms with Crippen molar-refractivity contribution in [2.24, 2.45) is 5.92 Å². The van der Waals surface area contributed by atoms with Crippen LogP contribution in [-0.4, -0.2) is 82.3 Å². The Hall–Kier alpha value is -3.26. The third-order valence-electron chi connectivity index (χ3n) is 6.63. The molecule has 0 aromatic heterocycles. The van der Waals surface area contributed by atoms with Crippen molar-refractivity contribution in [2.45, 2.75) is 12.3 Å². The summed E-state index contributed by atoms with van der Waals surface area (Å²) in [6.45, 7) is 3.02. The third-order valence-corrected chi connectivity index (χ3v) is 6.63. The van der Waals surface area contributed by atoms with Gasteiger partial charge in [0.25, 0.3) is 0 Å². The Morgan fingerprint density at radius 3 is 2.15 bits per heavy atom. The third kappa shape index (κ3) is 4.97. The summed E-state index contributed by atoms with van der Waals surface area (Å²) in [5, 5.41) is 0. The average molecular weight is 469 g/mol. The lowest BCUT2D eigenvalue weighted by Gasteiger charge is -2.31. The zero-order valence-electron chi connectivity index (χ0n) is 20.0. The van der Waals surface area contributed by atoms with Gasteiger partial charge in [-0.05, 0) is 23.3 Å². The van der Waals surface area contributed by atoms with E-state index >= 15 is 0 Å². The minimum atomic E-state index is -0.361. The fourth-order valence-corrected chi connectivity index (χ4v) is 4.81. The van der Waals surface area contributed by atoms with Crippen molar-refractivity contribution in [2.75, 3.05) is 60.7 Å². The van der Waals surface area contributed by atoms with Gasteiger partial charge in [0.05, 0.1) is 46.9 Å². The Morgan fingerprint density at radius 2 is 1.56 bits per heavy atom. The number of rotatable bonds is 7. The van der Waals surface area contributed by atoms with Gasteiger partial charge in [0.1, 0.15) is 0 Å². The number of carbonyl (C=O) groups excluding carboxylic acids is 2. The van der Waals surface area contributed by atoms with Crippen molar-refractivity contribution < 1.29 is 28.5 Å². The number of likely N-dealkylation sites (tertiary alicyclic amines) is 1. The van der Waals surface area contributed by atoms with Gasteiger partial charge in [0.2, 0.25) is 17.6 Å². The van der Waals surface area contributed by atoms with Crippen LogP contribution in [0.1, 0.15) is 17.0 Å². The molecular weight excluding hydrogens is 436 g/mol. The maximum atomic E-state index is 13.6. The van der Waals surface area contributed by atoms with Gasteiger partial charge >= 0.3 is 0 Å².